The average Bonchev–Trinajstić information content (AvgIpc) is 2.89. The van der Waals surface area contributed by atoms with Crippen molar-refractivity contribution in [2.24, 2.45) is 0 Å². The topological polar surface area (TPSA) is 0 Å². The third-order valence-corrected chi connectivity index (χ3v) is 4.92. The van der Waals surface area contributed by atoms with Crippen LogP contribution >= 0.6 is 0 Å². The summed E-state index contributed by atoms with van der Waals surface area (Å²) in [7, 11) is 0. The highest BCUT2D eigenvalue weighted by Crippen LogP contribution is 2.40. The molecule has 0 radical (unpaired) electrons. The van der Waals surface area contributed by atoms with Crippen LogP contribution in [0.5, 0.6) is 0 Å². The monoisotopic (exact) mass is 224 g/mol. The van der Waals surface area contributed by atoms with Crippen LogP contribution in [0.2, 0.25) is 0 Å². The lowest BCUT2D eigenvalue weighted by molar-refractivity contribution is 0.636. The number of hydrogen-bond donors (Lipinski definition) is 0. The predicted molar refractivity (Wildman–Crippen MR) is 72.5 cm³/mol. The molecule has 0 heteroatoms. The second-order valence-electron chi connectivity index (χ2n) is 5.83. The second kappa shape index (κ2) is 3.73. The summed E-state index contributed by atoms with van der Waals surface area (Å²) in [4.78, 5) is 0. The molecular weight excluding hydrogens is 204 g/mol. The molecule has 4 rings (SSSR count). The van der Waals surface area contributed by atoms with Gasteiger partial charge in [0.1, 0.15) is 0 Å². The molecule has 0 amide bonds. The van der Waals surface area contributed by atoms with E-state index in [2.05, 4.69) is 12.2 Å². The van der Waals surface area contributed by atoms with E-state index < -0.39 is 0 Å². The molecular formula is C17H20. The van der Waals surface area contributed by atoms with E-state index in [4.69, 9.17) is 0 Å². The fraction of sp³-hybridized carbons (Fsp3) is 0.529. The lowest BCUT2D eigenvalue weighted by Gasteiger charge is -2.29. The van der Waals surface area contributed by atoms with Crippen molar-refractivity contribution in [1.82, 2.24) is 0 Å². The van der Waals surface area contributed by atoms with E-state index in [-0.39, 0.29) is 0 Å². The SMILES string of the molecule is C1=Cc2c(c3c(c4c2CCCC4)CCCC3)C1. The Morgan fingerprint density at radius 1 is 0.588 bits per heavy atom. The Balaban J connectivity index is 2.02. The van der Waals surface area contributed by atoms with Crippen LogP contribution in [-0.4, -0.2) is 0 Å². The van der Waals surface area contributed by atoms with Gasteiger partial charge in [0.05, 0.1) is 0 Å². The molecule has 0 N–H and O–H groups in total. The lowest BCUT2D eigenvalue weighted by atomic mass is 9.76. The molecule has 0 spiro atoms. The first-order valence-corrected chi connectivity index (χ1v) is 7.30. The fourth-order valence-corrected chi connectivity index (χ4v) is 4.18. The van der Waals surface area contributed by atoms with Gasteiger partial charge >= 0.3 is 0 Å². The minimum Gasteiger partial charge on any atom is -0.0795 e. The Labute approximate surface area is 104 Å². The van der Waals surface area contributed by atoms with Gasteiger partial charge in [-0.25, -0.2) is 0 Å². The quantitative estimate of drug-likeness (QED) is 0.624. The van der Waals surface area contributed by atoms with Crippen molar-refractivity contribution >= 4 is 6.08 Å². The Bertz CT molecular complexity index is 506. The maximum absolute atomic E-state index is 2.41. The van der Waals surface area contributed by atoms with E-state index in [0.29, 0.717) is 0 Å². The van der Waals surface area contributed by atoms with Crippen molar-refractivity contribution in [1.29, 1.82) is 0 Å². The van der Waals surface area contributed by atoms with Crippen LogP contribution in [-0.2, 0) is 32.1 Å². The minimum absolute atomic E-state index is 1.21. The molecule has 0 aliphatic heterocycles. The van der Waals surface area contributed by atoms with E-state index in [1.165, 1.54) is 57.8 Å². The average molecular weight is 224 g/mol. The summed E-state index contributed by atoms with van der Waals surface area (Å²) in [6, 6.07) is 0. The fourth-order valence-electron chi connectivity index (χ4n) is 4.18. The van der Waals surface area contributed by atoms with Crippen LogP contribution in [0.1, 0.15) is 59.1 Å². The molecule has 0 nitrogen and oxygen atoms in total. The molecule has 0 fully saturated rings. The zero-order valence-electron chi connectivity index (χ0n) is 10.5. The summed E-state index contributed by atoms with van der Waals surface area (Å²) in [5.74, 6) is 0. The van der Waals surface area contributed by atoms with Gasteiger partial charge in [0.15, 0.2) is 0 Å². The molecule has 0 atom stereocenters. The molecule has 3 aliphatic carbocycles. The van der Waals surface area contributed by atoms with E-state index in [1.54, 1.807) is 33.4 Å². The first-order valence-electron chi connectivity index (χ1n) is 7.30. The van der Waals surface area contributed by atoms with E-state index in [1.807, 2.05) is 0 Å². The highest BCUT2D eigenvalue weighted by Gasteiger charge is 2.26. The number of hydrogen-bond acceptors (Lipinski definition) is 0. The molecule has 0 heterocycles. The van der Waals surface area contributed by atoms with Crippen LogP contribution in [0.3, 0.4) is 0 Å². The molecule has 3 aliphatic rings. The van der Waals surface area contributed by atoms with Gasteiger partial charge in [-0.2, -0.15) is 0 Å². The van der Waals surface area contributed by atoms with Gasteiger partial charge < -0.3 is 0 Å². The number of allylic oxidation sites excluding steroid dienone is 1. The molecule has 0 saturated carbocycles. The summed E-state index contributed by atoms with van der Waals surface area (Å²) in [6.45, 7) is 0. The molecule has 0 unspecified atom stereocenters. The molecule has 88 valence electrons. The van der Waals surface area contributed by atoms with E-state index in [0.717, 1.165) is 0 Å². The maximum Gasteiger partial charge on any atom is -0.00852 e. The molecule has 1 aromatic carbocycles. The largest absolute Gasteiger partial charge is 0.0795 e. The third-order valence-electron chi connectivity index (χ3n) is 4.92. The van der Waals surface area contributed by atoms with Crippen LogP contribution in [0.4, 0.5) is 0 Å². The first-order chi connectivity index (χ1) is 8.45. The van der Waals surface area contributed by atoms with Gasteiger partial charge in [0, 0.05) is 0 Å². The van der Waals surface area contributed by atoms with Gasteiger partial charge in [-0.05, 0) is 91.2 Å². The van der Waals surface area contributed by atoms with Crippen molar-refractivity contribution in [2.45, 2.75) is 57.8 Å². The Hall–Kier alpha value is -1.04. The molecule has 17 heavy (non-hydrogen) atoms. The summed E-state index contributed by atoms with van der Waals surface area (Å²) in [6.07, 6.45) is 17.1. The normalized spacial score (nSPS) is 20.9. The Morgan fingerprint density at radius 3 is 1.82 bits per heavy atom. The smallest absolute Gasteiger partial charge is 0.00852 e. The van der Waals surface area contributed by atoms with Crippen LogP contribution in [0.15, 0.2) is 6.08 Å². The standard InChI is InChI=1S/C17H20/c1-3-8-14-12(6-1)13-7-2-4-9-15(13)17-11-5-10-16(14)17/h5,10H,1-4,6-9,11H2. The highest BCUT2D eigenvalue weighted by atomic mass is 14.3. The second-order valence-corrected chi connectivity index (χ2v) is 5.83. The Morgan fingerprint density at radius 2 is 1.12 bits per heavy atom. The number of fused-ring (bicyclic) bond motifs is 6. The third kappa shape index (κ3) is 1.36. The van der Waals surface area contributed by atoms with Crippen LogP contribution in [0, 0.1) is 0 Å². The van der Waals surface area contributed by atoms with Crippen molar-refractivity contribution in [3.05, 3.63) is 39.5 Å². The van der Waals surface area contributed by atoms with Crippen LogP contribution < -0.4 is 0 Å². The zero-order chi connectivity index (χ0) is 11.2. The summed E-state index contributed by atoms with van der Waals surface area (Å²) in [5, 5.41) is 0. The van der Waals surface area contributed by atoms with Gasteiger partial charge in [-0.15, -0.1) is 0 Å². The molecule has 1 aromatic rings. The number of rotatable bonds is 0. The van der Waals surface area contributed by atoms with Gasteiger partial charge in [-0.1, -0.05) is 12.2 Å². The molecule has 0 saturated heterocycles. The van der Waals surface area contributed by atoms with E-state index >= 15 is 0 Å². The highest BCUT2D eigenvalue weighted by molar-refractivity contribution is 5.69. The van der Waals surface area contributed by atoms with E-state index in [9.17, 15) is 0 Å². The summed E-state index contributed by atoms with van der Waals surface area (Å²) < 4.78 is 0. The maximum atomic E-state index is 2.41. The summed E-state index contributed by atoms with van der Waals surface area (Å²) in [5.41, 5.74) is 10.4. The summed E-state index contributed by atoms with van der Waals surface area (Å²) >= 11 is 0. The van der Waals surface area contributed by atoms with Gasteiger partial charge in [0.2, 0.25) is 0 Å². The number of benzene rings is 1. The first kappa shape index (κ1) is 9.94. The van der Waals surface area contributed by atoms with Crippen molar-refractivity contribution < 1.29 is 0 Å². The zero-order valence-corrected chi connectivity index (χ0v) is 10.5. The molecule has 0 bridgehead atoms. The van der Waals surface area contributed by atoms with Gasteiger partial charge in [0.25, 0.3) is 0 Å². The minimum atomic E-state index is 1.21. The van der Waals surface area contributed by atoms with Crippen molar-refractivity contribution in [3.8, 4) is 0 Å². The lowest BCUT2D eigenvalue weighted by Crippen LogP contribution is -2.16. The molecule has 0 aromatic heterocycles. The predicted octanol–water partition coefficient (Wildman–Crippen LogP) is 4.01. The van der Waals surface area contributed by atoms with Crippen molar-refractivity contribution in [2.75, 3.05) is 0 Å². The Kier molecular flexibility index (Phi) is 2.18. The van der Waals surface area contributed by atoms with Crippen molar-refractivity contribution in [3.63, 3.8) is 0 Å². The van der Waals surface area contributed by atoms with Gasteiger partial charge in [-0.3, -0.25) is 0 Å². The van der Waals surface area contributed by atoms with Crippen LogP contribution in [0.25, 0.3) is 6.08 Å².